The predicted octanol–water partition coefficient (Wildman–Crippen LogP) is 3.09. The lowest BCUT2D eigenvalue weighted by molar-refractivity contribution is -0.138. The van der Waals surface area contributed by atoms with Gasteiger partial charge in [0.2, 0.25) is 5.91 Å². The van der Waals surface area contributed by atoms with Crippen LogP contribution in [0.15, 0.2) is 54.6 Å². The summed E-state index contributed by atoms with van der Waals surface area (Å²) in [5, 5.41) is 0. The summed E-state index contributed by atoms with van der Waals surface area (Å²) in [6, 6.07) is 19.7. The molecule has 33 heavy (non-hydrogen) atoms. The van der Waals surface area contributed by atoms with Crippen LogP contribution in [0.5, 0.6) is 5.75 Å². The Morgan fingerprint density at radius 1 is 1.06 bits per heavy atom. The molecule has 3 atom stereocenters. The van der Waals surface area contributed by atoms with Crippen LogP contribution in [0.4, 0.5) is 0 Å². The van der Waals surface area contributed by atoms with Crippen LogP contribution >= 0.6 is 0 Å². The van der Waals surface area contributed by atoms with Gasteiger partial charge >= 0.3 is 0 Å². The van der Waals surface area contributed by atoms with Gasteiger partial charge in [-0.05, 0) is 43.8 Å². The first-order valence-corrected chi connectivity index (χ1v) is 12.0. The molecule has 178 valence electrons. The van der Waals surface area contributed by atoms with E-state index in [-0.39, 0.29) is 12.5 Å². The summed E-state index contributed by atoms with van der Waals surface area (Å²) in [7, 11) is 5.72. The minimum atomic E-state index is 0.113. The van der Waals surface area contributed by atoms with Gasteiger partial charge in [0.25, 0.3) is 0 Å². The van der Waals surface area contributed by atoms with Gasteiger partial charge in [-0.2, -0.15) is 0 Å². The molecule has 2 aliphatic heterocycles. The van der Waals surface area contributed by atoms with Crippen molar-refractivity contribution in [2.75, 3.05) is 60.6 Å². The number of amides is 1. The molecule has 6 nitrogen and oxygen atoms in total. The minimum absolute atomic E-state index is 0.113. The Bertz CT molecular complexity index is 887. The van der Waals surface area contributed by atoms with Crippen LogP contribution in [0, 0.1) is 5.92 Å². The molecule has 2 heterocycles. The summed E-state index contributed by atoms with van der Waals surface area (Å²) >= 11 is 0. The molecule has 0 spiro atoms. The minimum Gasteiger partial charge on any atom is -0.497 e. The zero-order valence-corrected chi connectivity index (χ0v) is 20.2. The Morgan fingerprint density at radius 3 is 2.52 bits per heavy atom. The van der Waals surface area contributed by atoms with Gasteiger partial charge in [-0.1, -0.05) is 42.5 Å². The van der Waals surface area contributed by atoms with Crippen molar-refractivity contribution in [3.05, 3.63) is 65.7 Å². The Hall–Kier alpha value is -2.41. The third kappa shape index (κ3) is 5.94. The van der Waals surface area contributed by atoms with Gasteiger partial charge in [0.05, 0.1) is 13.7 Å². The van der Waals surface area contributed by atoms with E-state index in [2.05, 4.69) is 64.4 Å². The van der Waals surface area contributed by atoms with E-state index in [0.29, 0.717) is 24.5 Å². The first kappa shape index (κ1) is 23.7. The number of hydrogen-bond acceptors (Lipinski definition) is 5. The predicted molar refractivity (Wildman–Crippen MR) is 130 cm³/mol. The number of carbonyl (C=O) groups excluding carboxylic acids is 1. The Balaban J connectivity index is 1.46. The molecule has 2 fully saturated rings. The van der Waals surface area contributed by atoms with E-state index >= 15 is 0 Å². The Labute approximate surface area is 198 Å². The van der Waals surface area contributed by atoms with Gasteiger partial charge in [-0.3, -0.25) is 9.69 Å². The van der Waals surface area contributed by atoms with Crippen molar-refractivity contribution in [3.8, 4) is 5.75 Å². The normalized spacial score (nSPS) is 23.0. The highest BCUT2D eigenvalue weighted by molar-refractivity contribution is 5.77. The number of rotatable bonds is 9. The number of carbonyl (C=O) groups is 1. The number of nitrogens with zero attached hydrogens (tertiary/aromatic N) is 3. The van der Waals surface area contributed by atoms with Crippen LogP contribution in [-0.4, -0.2) is 87.2 Å². The summed E-state index contributed by atoms with van der Waals surface area (Å²) in [6.45, 7) is 5.14. The van der Waals surface area contributed by atoms with Gasteiger partial charge in [0.15, 0.2) is 0 Å². The fourth-order valence-electron chi connectivity index (χ4n) is 5.27. The number of benzene rings is 2. The second-order valence-electron chi connectivity index (χ2n) is 9.51. The van der Waals surface area contributed by atoms with Gasteiger partial charge in [0, 0.05) is 50.6 Å². The fourth-order valence-corrected chi connectivity index (χ4v) is 5.27. The first-order valence-electron chi connectivity index (χ1n) is 12.0. The molecular formula is C27H37N3O3. The van der Waals surface area contributed by atoms with Crippen molar-refractivity contribution in [1.29, 1.82) is 0 Å². The number of ether oxygens (including phenoxy) is 2. The first-order chi connectivity index (χ1) is 16.0. The van der Waals surface area contributed by atoms with E-state index in [1.54, 1.807) is 7.11 Å². The monoisotopic (exact) mass is 451 g/mol. The van der Waals surface area contributed by atoms with Gasteiger partial charge < -0.3 is 19.3 Å². The third-order valence-electron chi connectivity index (χ3n) is 7.07. The second kappa shape index (κ2) is 11.1. The molecule has 2 aliphatic rings. The SMILES string of the molecule is COc1ccc([C@H]2CN(Cc3ccccc3)[C@@H]3CCN(C(=O)COCCN(C)C)C[C@H]23)cc1. The lowest BCUT2D eigenvalue weighted by Gasteiger charge is -2.39. The molecule has 0 aromatic heterocycles. The van der Waals surface area contributed by atoms with Crippen LogP contribution in [-0.2, 0) is 16.1 Å². The van der Waals surface area contributed by atoms with Crippen LogP contribution in [0.3, 0.4) is 0 Å². The van der Waals surface area contributed by atoms with Crippen molar-refractivity contribution in [2.45, 2.75) is 24.9 Å². The van der Waals surface area contributed by atoms with Crippen LogP contribution in [0.2, 0.25) is 0 Å². The number of hydrogen-bond donors (Lipinski definition) is 0. The molecule has 0 saturated carbocycles. The van der Waals surface area contributed by atoms with E-state index in [1.807, 2.05) is 19.0 Å². The molecule has 1 amide bonds. The Morgan fingerprint density at radius 2 is 1.82 bits per heavy atom. The molecular weight excluding hydrogens is 414 g/mol. The summed E-state index contributed by atoms with van der Waals surface area (Å²) in [5.74, 6) is 1.81. The van der Waals surface area contributed by atoms with Crippen LogP contribution < -0.4 is 4.74 Å². The molecule has 0 unspecified atom stereocenters. The van der Waals surface area contributed by atoms with Crippen molar-refractivity contribution in [1.82, 2.24) is 14.7 Å². The zero-order chi connectivity index (χ0) is 23.2. The summed E-state index contributed by atoms with van der Waals surface area (Å²) in [4.78, 5) is 19.6. The summed E-state index contributed by atoms with van der Waals surface area (Å²) in [6.07, 6.45) is 1.01. The summed E-state index contributed by atoms with van der Waals surface area (Å²) in [5.41, 5.74) is 2.68. The lowest BCUT2D eigenvalue weighted by atomic mass is 9.81. The molecule has 6 heteroatoms. The van der Waals surface area contributed by atoms with E-state index in [0.717, 1.165) is 44.9 Å². The molecule has 2 aromatic rings. The number of piperidine rings is 1. The Kier molecular flexibility index (Phi) is 8.02. The molecule has 2 saturated heterocycles. The standard InChI is InChI=1S/C27H37N3O3/c1-28(2)15-16-33-20-27(31)29-14-13-26-25(19-29)24(22-9-11-23(32-3)12-10-22)18-30(26)17-21-7-5-4-6-8-21/h4-12,24-26H,13-20H2,1-3H3/t24-,25-,26-/m1/s1. The van der Waals surface area contributed by atoms with E-state index in [4.69, 9.17) is 9.47 Å². The zero-order valence-electron chi connectivity index (χ0n) is 20.2. The largest absolute Gasteiger partial charge is 0.497 e. The number of methoxy groups -OCH3 is 1. The average Bonchev–Trinajstić information content (AvgIpc) is 3.19. The third-order valence-corrected chi connectivity index (χ3v) is 7.07. The van der Waals surface area contributed by atoms with E-state index < -0.39 is 0 Å². The highest BCUT2D eigenvalue weighted by Gasteiger charge is 2.45. The topological polar surface area (TPSA) is 45.3 Å². The van der Waals surface area contributed by atoms with E-state index in [9.17, 15) is 4.79 Å². The summed E-state index contributed by atoms with van der Waals surface area (Å²) < 4.78 is 11.0. The highest BCUT2D eigenvalue weighted by Crippen LogP contribution is 2.42. The molecule has 0 N–H and O–H groups in total. The molecule has 0 bridgehead atoms. The van der Waals surface area contributed by atoms with Crippen molar-refractivity contribution >= 4 is 5.91 Å². The number of fused-ring (bicyclic) bond motifs is 1. The molecule has 4 rings (SSSR count). The van der Waals surface area contributed by atoms with Gasteiger partial charge in [-0.15, -0.1) is 0 Å². The van der Waals surface area contributed by atoms with Gasteiger partial charge in [0.1, 0.15) is 12.4 Å². The van der Waals surface area contributed by atoms with Crippen LogP contribution in [0.25, 0.3) is 0 Å². The van der Waals surface area contributed by atoms with Crippen molar-refractivity contribution < 1.29 is 14.3 Å². The second-order valence-corrected chi connectivity index (χ2v) is 9.51. The van der Waals surface area contributed by atoms with E-state index in [1.165, 1.54) is 11.1 Å². The maximum absolute atomic E-state index is 12.9. The van der Waals surface area contributed by atoms with Crippen molar-refractivity contribution in [3.63, 3.8) is 0 Å². The van der Waals surface area contributed by atoms with Crippen LogP contribution in [0.1, 0.15) is 23.5 Å². The molecule has 2 aromatic carbocycles. The highest BCUT2D eigenvalue weighted by atomic mass is 16.5. The lowest BCUT2D eigenvalue weighted by Crippen LogP contribution is -2.49. The maximum Gasteiger partial charge on any atom is 0.248 e. The number of likely N-dealkylation sites (tertiary alicyclic amines) is 2. The maximum atomic E-state index is 12.9. The number of likely N-dealkylation sites (N-methyl/N-ethyl adjacent to an activating group) is 1. The average molecular weight is 452 g/mol. The molecule has 0 aliphatic carbocycles. The fraction of sp³-hybridized carbons (Fsp3) is 0.519. The smallest absolute Gasteiger partial charge is 0.248 e. The quantitative estimate of drug-likeness (QED) is 0.549. The molecule has 0 radical (unpaired) electrons. The van der Waals surface area contributed by atoms with Gasteiger partial charge in [-0.25, -0.2) is 0 Å². The van der Waals surface area contributed by atoms with Crippen molar-refractivity contribution in [2.24, 2.45) is 5.92 Å².